The third kappa shape index (κ3) is 5.45. The second-order valence-corrected chi connectivity index (χ2v) is 6.56. The van der Waals surface area contributed by atoms with Crippen LogP contribution in [-0.4, -0.2) is 34.1 Å². The van der Waals surface area contributed by atoms with Gasteiger partial charge in [0.2, 0.25) is 10.0 Å². The number of hydrogen-bond donors (Lipinski definition) is 2. The number of rotatable bonds is 7. The van der Waals surface area contributed by atoms with Crippen LogP contribution < -0.4 is 10.5 Å². The highest BCUT2D eigenvalue weighted by atomic mass is 32.2. The van der Waals surface area contributed by atoms with Crippen molar-refractivity contribution < 1.29 is 17.9 Å². The molecule has 118 valence electrons. The van der Waals surface area contributed by atoms with Gasteiger partial charge < -0.3 is 10.1 Å². The highest BCUT2D eigenvalue weighted by molar-refractivity contribution is 7.89. The molecule has 0 saturated carbocycles. The van der Waals surface area contributed by atoms with Crippen LogP contribution in [0, 0.1) is 6.92 Å². The topological polar surface area (TPSA) is 98.5 Å². The molecule has 0 saturated heterocycles. The van der Waals surface area contributed by atoms with Crippen LogP contribution in [-0.2, 0) is 14.8 Å². The van der Waals surface area contributed by atoms with Gasteiger partial charge in [0.25, 0.3) is 5.91 Å². The maximum atomic E-state index is 12.2. The Morgan fingerprint density at radius 1 is 1.38 bits per heavy atom. The van der Waals surface area contributed by atoms with Gasteiger partial charge in [-0.05, 0) is 37.1 Å². The Morgan fingerprint density at radius 3 is 2.57 bits per heavy atom. The minimum atomic E-state index is -3.83. The van der Waals surface area contributed by atoms with Crippen molar-refractivity contribution in [1.29, 1.82) is 0 Å². The van der Waals surface area contributed by atoms with Crippen LogP contribution >= 0.6 is 0 Å². The molecule has 0 bridgehead atoms. The molecular weight excluding hydrogens is 292 g/mol. The Labute approximate surface area is 125 Å². The van der Waals surface area contributed by atoms with Crippen LogP contribution in [0.3, 0.4) is 0 Å². The molecule has 0 aliphatic heterocycles. The van der Waals surface area contributed by atoms with Gasteiger partial charge in [0, 0.05) is 12.7 Å². The molecule has 0 spiro atoms. The highest BCUT2D eigenvalue weighted by Crippen LogP contribution is 2.14. The predicted molar refractivity (Wildman–Crippen MR) is 80.6 cm³/mol. The van der Waals surface area contributed by atoms with Crippen molar-refractivity contribution in [2.45, 2.75) is 37.6 Å². The van der Waals surface area contributed by atoms with Gasteiger partial charge in [-0.25, -0.2) is 13.6 Å². The molecule has 0 aliphatic rings. The lowest BCUT2D eigenvalue weighted by molar-refractivity contribution is 0.0891. The van der Waals surface area contributed by atoms with Crippen molar-refractivity contribution in [2.75, 3.05) is 13.7 Å². The fourth-order valence-electron chi connectivity index (χ4n) is 2.06. The number of carbonyl (C=O) groups excluding carboxylic acids is 1. The molecule has 1 rings (SSSR count). The third-order valence-corrected chi connectivity index (χ3v) is 3.87. The molecule has 1 aromatic carbocycles. The average Bonchev–Trinajstić information content (AvgIpc) is 2.37. The maximum absolute atomic E-state index is 12.2. The van der Waals surface area contributed by atoms with Crippen molar-refractivity contribution in [2.24, 2.45) is 5.14 Å². The smallest absolute Gasteiger partial charge is 0.251 e. The Hall–Kier alpha value is -1.44. The summed E-state index contributed by atoms with van der Waals surface area (Å²) in [6.07, 6.45) is 1.69. The molecule has 7 heteroatoms. The van der Waals surface area contributed by atoms with Crippen LogP contribution in [0.4, 0.5) is 0 Å². The van der Waals surface area contributed by atoms with Crippen molar-refractivity contribution >= 4 is 15.9 Å². The van der Waals surface area contributed by atoms with Gasteiger partial charge in [0.05, 0.1) is 17.5 Å². The number of amides is 1. The molecule has 0 aliphatic carbocycles. The standard InChI is InChI=1S/C14H22N2O4S/c1-4-5-12(9-20-3)16-14(17)11-6-10(2)7-13(8-11)21(15,18)19/h6-8,12H,4-5,9H2,1-3H3,(H,16,17)(H2,15,18,19). The number of aryl methyl sites for hydroxylation is 1. The zero-order valence-corrected chi connectivity index (χ0v) is 13.4. The molecule has 1 atom stereocenters. The number of sulfonamides is 1. The number of primary sulfonamides is 1. The monoisotopic (exact) mass is 314 g/mol. The van der Waals surface area contributed by atoms with Gasteiger partial charge >= 0.3 is 0 Å². The van der Waals surface area contributed by atoms with Crippen molar-refractivity contribution in [3.63, 3.8) is 0 Å². The number of hydrogen-bond acceptors (Lipinski definition) is 4. The first-order valence-corrected chi connectivity index (χ1v) is 8.26. The zero-order chi connectivity index (χ0) is 16.0. The van der Waals surface area contributed by atoms with E-state index in [1.165, 1.54) is 12.1 Å². The summed E-state index contributed by atoms with van der Waals surface area (Å²) in [6.45, 7) is 4.14. The molecule has 6 nitrogen and oxygen atoms in total. The first-order chi connectivity index (χ1) is 9.77. The van der Waals surface area contributed by atoms with E-state index in [-0.39, 0.29) is 22.4 Å². The molecule has 0 heterocycles. The number of carbonyl (C=O) groups is 1. The van der Waals surface area contributed by atoms with E-state index in [0.717, 1.165) is 12.8 Å². The lowest BCUT2D eigenvalue weighted by Gasteiger charge is -2.17. The zero-order valence-electron chi connectivity index (χ0n) is 12.5. The van der Waals surface area contributed by atoms with Crippen LogP contribution in [0.5, 0.6) is 0 Å². The molecule has 1 unspecified atom stereocenters. The van der Waals surface area contributed by atoms with Gasteiger partial charge in [-0.3, -0.25) is 4.79 Å². The van der Waals surface area contributed by atoms with Crippen molar-refractivity contribution in [3.8, 4) is 0 Å². The Kier molecular flexibility index (Phi) is 6.32. The second kappa shape index (κ2) is 7.53. The van der Waals surface area contributed by atoms with Crippen LogP contribution in [0.1, 0.15) is 35.7 Å². The molecule has 0 fully saturated rings. The van der Waals surface area contributed by atoms with E-state index in [0.29, 0.717) is 12.2 Å². The van der Waals surface area contributed by atoms with E-state index in [4.69, 9.17) is 9.88 Å². The number of benzene rings is 1. The van der Waals surface area contributed by atoms with E-state index < -0.39 is 10.0 Å². The summed E-state index contributed by atoms with van der Waals surface area (Å²) in [5.74, 6) is -0.334. The largest absolute Gasteiger partial charge is 0.383 e. The molecule has 3 N–H and O–H groups in total. The average molecular weight is 314 g/mol. The van der Waals surface area contributed by atoms with E-state index in [1.807, 2.05) is 6.92 Å². The van der Waals surface area contributed by atoms with Crippen molar-refractivity contribution in [1.82, 2.24) is 5.32 Å². The van der Waals surface area contributed by atoms with E-state index in [2.05, 4.69) is 5.32 Å². The highest BCUT2D eigenvalue weighted by Gasteiger charge is 2.16. The lowest BCUT2D eigenvalue weighted by atomic mass is 10.1. The summed E-state index contributed by atoms with van der Waals surface area (Å²) in [5.41, 5.74) is 0.932. The first kappa shape index (κ1) is 17.6. The summed E-state index contributed by atoms with van der Waals surface area (Å²) in [7, 11) is -2.26. The fourth-order valence-corrected chi connectivity index (χ4v) is 2.70. The summed E-state index contributed by atoms with van der Waals surface area (Å²) >= 11 is 0. The SMILES string of the molecule is CCCC(COC)NC(=O)c1cc(C)cc(S(N)(=O)=O)c1. The number of methoxy groups -OCH3 is 1. The van der Waals surface area contributed by atoms with Gasteiger partial charge in [-0.2, -0.15) is 0 Å². The van der Waals surface area contributed by atoms with E-state index in [9.17, 15) is 13.2 Å². The van der Waals surface area contributed by atoms with Crippen LogP contribution in [0.15, 0.2) is 23.1 Å². The summed E-state index contributed by atoms with van der Waals surface area (Å²) in [4.78, 5) is 12.2. The minimum Gasteiger partial charge on any atom is -0.383 e. The summed E-state index contributed by atoms with van der Waals surface area (Å²) in [6, 6.07) is 4.24. The quantitative estimate of drug-likeness (QED) is 0.789. The molecule has 1 amide bonds. The lowest BCUT2D eigenvalue weighted by Crippen LogP contribution is -2.38. The molecule has 0 aromatic heterocycles. The van der Waals surface area contributed by atoms with E-state index >= 15 is 0 Å². The number of ether oxygens (including phenoxy) is 1. The normalized spacial score (nSPS) is 13.0. The fraction of sp³-hybridized carbons (Fsp3) is 0.500. The van der Waals surface area contributed by atoms with Gasteiger partial charge in [0.1, 0.15) is 0 Å². The summed E-state index contributed by atoms with van der Waals surface area (Å²) in [5, 5.41) is 7.95. The van der Waals surface area contributed by atoms with Gasteiger partial charge in [-0.15, -0.1) is 0 Å². The van der Waals surface area contributed by atoms with Crippen LogP contribution in [0.2, 0.25) is 0 Å². The Bertz CT molecular complexity index is 593. The Morgan fingerprint density at radius 2 is 2.05 bits per heavy atom. The minimum absolute atomic E-state index is 0.0635. The molecule has 0 radical (unpaired) electrons. The van der Waals surface area contributed by atoms with Gasteiger partial charge in [-0.1, -0.05) is 13.3 Å². The van der Waals surface area contributed by atoms with Gasteiger partial charge in [0.15, 0.2) is 0 Å². The van der Waals surface area contributed by atoms with Crippen molar-refractivity contribution in [3.05, 3.63) is 29.3 Å². The maximum Gasteiger partial charge on any atom is 0.251 e. The molecular formula is C14H22N2O4S. The van der Waals surface area contributed by atoms with E-state index in [1.54, 1.807) is 20.1 Å². The van der Waals surface area contributed by atoms with Crippen LogP contribution in [0.25, 0.3) is 0 Å². The summed E-state index contributed by atoms with van der Waals surface area (Å²) < 4.78 is 27.9. The third-order valence-electron chi connectivity index (χ3n) is 2.98. The number of nitrogens with one attached hydrogen (secondary N) is 1. The Balaban J connectivity index is 2.99. The second-order valence-electron chi connectivity index (χ2n) is 4.99. The molecule has 21 heavy (non-hydrogen) atoms. The number of nitrogens with two attached hydrogens (primary N) is 1. The molecule has 1 aromatic rings. The first-order valence-electron chi connectivity index (χ1n) is 6.72. The predicted octanol–water partition coefficient (Wildman–Crippen LogP) is 1.19.